The van der Waals surface area contributed by atoms with Gasteiger partial charge in [-0.25, -0.2) is 9.97 Å². The van der Waals surface area contributed by atoms with E-state index in [1.807, 2.05) is 19.1 Å². The van der Waals surface area contributed by atoms with Gasteiger partial charge in [-0.2, -0.15) is 4.39 Å². The molecule has 3 nitrogen and oxygen atoms in total. The summed E-state index contributed by atoms with van der Waals surface area (Å²) in [5, 5.41) is 2.98. The Kier molecular flexibility index (Phi) is 3.88. The molecule has 0 radical (unpaired) electrons. The number of rotatable bonds is 4. The molecule has 0 aliphatic heterocycles. The van der Waals surface area contributed by atoms with Crippen molar-refractivity contribution in [3.8, 4) is 0 Å². The fourth-order valence-electron chi connectivity index (χ4n) is 0.880. The molecule has 1 aromatic heterocycles. The van der Waals surface area contributed by atoms with E-state index in [0.717, 1.165) is 13.0 Å². The van der Waals surface area contributed by atoms with Crippen molar-refractivity contribution in [1.29, 1.82) is 0 Å². The monoisotopic (exact) mass is 181 g/mol. The summed E-state index contributed by atoms with van der Waals surface area (Å²) < 4.78 is 12.5. The Balaban J connectivity index is 2.36. The number of hydrogen-bond acceptors (Lipinski definition) is 3. The van der Waals surface area contributed by atoms with Gasteiger partial charge >= 0.3 is 0 Å². The Morgan fingerprint density at radius 3 is 3.08 bits per heavy atom. The number of allylic oxidation sites excluding steroid dienone is 1. The van der Waals surface area contributed by atoms with Crippen LogP contribution >= 0.6 is 0 Å². The zero-order valence-corrected chi connectivity index (χ0v) is 7.50. The van der Waals surface area contributed by atoms with Crippen LogP contribution in [0.1, 0.15) is 13.3 Å². The third-order valence-corrected chi connectivity index (χ3v) is 1.49. The summed E-state index contributed by atoms with van der Waals surface area (Å²) in [5.74, 6) is 0.0144. The van der Waals surface area contributed by atoms with Gasteiger partial charge in [-0.3, -0.25) is 0 Å². The quantitative estimate of drug-likeness (QED) is 0.438. The van der Waals surface area contributed by atoms with Crippen LogP contribution in [0.5, 0.6) is 0 Å². The van der Waals surface area contributed by atoms with Gasteiger partial charge in [0, 0.05) is 12.6 Å². The van der Waals surface area contributed by atoms with Gasteiger partial charge in [0.05, 0.1) is 0 Å². The first kappa shape index (κ1) is 9.64. The van der Waals surface area contributed by atoms with Crippen molar-refractivity contribution in [3.05, 3.63) is 30.5 Å². The summed E-state index contributed by atoms with van der Waals surface area (Å²) in [4.78, 5) is 7.20. The summed E-state index contributed by atoms with van der Waals surface area (Å²) in [6, 6.07) is 1.27. The Morgan fingerprint density at radius 1 is 1.54 bits per heavy atom. The minimum absolute atomic E-state index is 0.511. The van der Waals surface area contributed by atoms with E-state index < -0.39 is 5.95 Å². The van der Waals surface area contributed by atoms with Crippen molar-refractivity contribution in [1.82, 2.24) is 9.97 Å². The van der Waals surface area contributed by atoms with Crippen molar-refractivity contribution in [2.24, 2.45) is 0 Å². The summed E-state index contributed by atoms with van der Waals surface area (Å²) in [5.41, 5.74) is 0. The van der Waals surface area contributed by atoms with Gasteiger partial charge in [0.25, 0.3) is 0 Å². The Hall–Kier alpha value is -1.45. The molecule has 1 aromatic rings. The van der Waals surface area contributed by atoms with Crippen molar-refractivity contribution in [2.75, 3.05) is 11.9 Å². The normalized spacial score (nSPS) is 10.6. The van der Waals surface area contributed by atoms with E-state index in [2.05, 4.69) is 15.3 Å². The van der Waals surface area contributed by atoms with Crippen LogP contribution in [0.2, 0.25) is 0 Å². The molecule has 0 bridgehead atoms. The minimum atomic E-state index is -0.511. The maximum Gasteiger partial charge on any atom is 0.217 e. The lowest BCUT2D eigenvalue weighted by atomic mass is 10.4. The summed E-state index contributed by atoms with van der Waals surface area (Å²) >= 11 is 0. The molecular formula is C9H12FN3. The number of hydrogen-bond donors (Lipinski definition) is 1. The van der Waals surface area contributed by atoms with Crippen LogP contribution < -0.4 is 5.32 Å². The highest BCUT2D eigenvalue weighted by atomic mass is 19.1. The molecule has 0 spiro atoms. The molecule has 0 atom stereocenters. The Bertz CT molecular complexity index is 286. The van der Waals surface area contributed by atoms with Crippen molar-refractivity contribution < 1.29 is 4.39 Å². The molecule has 0 amide bonds. The molecule has 1 N–H and O–H groups in total. The van der Waals surface area contributed by atoms with Crippen LogP contribution in [0.4, 0.5) is 10.2 Å². The lowest BCUT2D eigenvalue weighted by Crippen LogP contribution is -2.02. The van der Waals surface area contributed by atoms with Crippen LogP contribution in [0, 0.1) is 5.95 Å². The lowest BCUT2D eigenvalue weighted by Gasteiger charge is -2.01. The zero-order valence-electron chi connectivity index (χ0n) is 7.50. The Morgan fingerprint density at radius 2 is 2.38 bits per heavy atom. The van der Waals surface area contributed by atoms with Gasteiger partial charge in [0.1, 0.15) is 12.1 Å². The summed E-state index contributed by atoms with van der Waals surface area (Å²) in [6.45, 7) is 2.71. The first-order valence-corrected chi connectivity index (χ1v) is 4.15. The number of anilines is 1. The second-order valence-electron chi connectivity index (χ2n) is 2.51. The molecule has 0 unspecified atom stereocenters. The smallest absolute Gasteiger partial charge is 0.217 e. The molecule has 70 valence electrons. The molecule has 0 saturated carbocycles. The van der Waals surface area contributed by atoms with E-state index in [-0.39, 0.29) is 0 Å². The topological polar surface area (TPSA) is 37.8 Å². The van der Waals surface area contributed by atoms with E-state index >= 15 is 0 Å². The fourth-order valence-corrected chi connectivity index (χ4v) is 0.880. The molecule has 0 fully saturated rings. The van der Waals surface area contributed by atoms with Crippen molar-refractivity contribution in [2.45, 2.75) is 13.3 Å². The van der Waals surface area contributed by atoms with Crippen LogP contribution in [-0.2, 0) is 0 Å². The van der Waals surface area contributed by atoms with Crippen LogP contribution in [0.25, 0.3) is 0 Å². The largest absolute Gasteiger partial charge is 0.370 e. The van der Waals surface area contributed by atoms with E-state index in [9.17, 15) is 4.39 Å². The number of aromatic nitrogens is 2. The molecule has 1 heterocycles. The second-order valence-corrected chi connectivity index (χ2v) is 2.51. The third-order valence-electron chi connectivity index (χ3n) is 1.49. The van der Waals surface area contributed by atoms with Gasteiger partial charge in [0.15, 0.2) is 0 Å². The van der Waals surface area contributed by atoms with Crippen molar-refractivity contribution in [3.63, 3.8) is 0 Å². The molecule has 1 rings (SSSR count). The lowest BCUT2D eigenvalue weighted by molar-refractivity contribution is 0.580. The predicted octanol–water partition coefficient (Wildman–Crippen LogP) is 1.99. The number of halogens is 1. The van der Waals surface area contributed by atoms with Crippen LogP contribution in [-0.4, -0.2) is 16.5 Å². The van der Waals surface area contributed by atoms with E-state index in [1.165, 1.54) is 12.4 Å². The molecule has 0 aliphatic carbocycles. The van der Waals surface area contributed by atoms with Gasteiger partial charge in [-0.1, -0.05) is 12.2 Å². The first-order chi connectivity index (χ1) is 6.33. The summed E-state index contributed by atoms with van der Waals surface area (Å²) in [6.07, 6.45) is 6.11. The molecule has 0 aromatic carbocycles. The zero-order chi connectivity index (χ0) is 9.52. The van der Waals surface area contributed by atoms with Crippen molar-refractivity contribution >= 4 is 5.82 Å². The minimum Gasteiger partial charge on any atom is -0.370 e. The van der Waals surface area contributed by atoms with E-state index in [4.69, 9.17) is 0 Å². The van der Waals surface area contributed by atoms with Gasteiger partial charge in [0.2, 0.25) is 5.95 Å². The average Bonchev–Trinajstić information content (AvgIpc) is 2.13. The van der Waals surface area contributed by atoms with Gasteiger partial charge in [-0.05, 0) is 13.3 Å². The summed E-state index contributed by atoms with van der Waals surface area (Å²) in [7, 11) is 0. The fraction of sp³-hybridized carbons (Fsp3) is 0.333. The molecular weight excluding hydrogens is 169 g/mol. The van der Waals surface area contributed by atoms with E-state index in [1.54, 1.807) is 0 Å². The van der Waals surface area contributed by atoms with Gasteiger partial charge < -0.3 is 5.32 Å². The Labute approximate surface area is 76.7 Å². The molecule has 0 aliphatic rings. The predicted molar refractivity (Wildman–Crippen MR) is 49.9 cm³/mol. The number of nitrogens with one attached hydrogen (secondary N) is 1. The highest BCUT2D eigenvalue weighted by Gasteiger charge is 1.94. The van der Waals surface area contributed by atoms with Crippen LogP contribution in [0.3, 0.4) is 0 Å². The second kappa shape index (κ2) is 5.24. The molecule has 13 heavy (non-hydrogen) atoms. The first-order valence-electron chi connectivity index (χ1n) is 4.15. The van der Waals surface area contributed by atoms with Crippen LogP contribution in [0.15, 0.2) is 24.5 Å². The number of nitrogens with zero attached hydrogens (tertiary/aromatic N) is 2. The molecule has 0 saturated heterocycles. The average molecular weight is 181 g/mol. The van der Waals surface area contributed by atoms with Gasteiger partial charge in [-0.15, -0.1) is 0 Å². The standard InChI is InChI=1S/C9H12FN3/c1-2-3-4-5-11-9-6-8(10)12-7-13-9/h2-3,6-7H,4-5H2,1H3,(H,11,12,13). The maximum atomic E-state index is 12.5. The maximum absolute atomic E-state index is 12.5. The molecule has 4 heteroatoms. The van der Waals surface area contributed by atoms with E-state index in [0.29, 0.717) is 5.82 Å². The highest BCUT2D eigenvalue weighted by Crippen LogP contribution is 2.01. The highest BCUT2D eigenvalue weighted by molar-refractivity contribution is 5.31. The SMILES string of the molecule is CC=CCCNc1cc(F)ncn1. The third kappa shape index (κ3) is 3.64.